The van der Waals surface area contributed by atoms with E-state index in [1.807, 2.05) is 0 Å². The van der Waals surface area contributed by atoms with Crippen LogP contribution < -0.4 is 11.1 Å². The molecule has 3 aliphatic rings. The Morgan fingerprint density at radius 3 is 2.90 bits per heavy atom. The molecule has 1 fully saturated rings. The number of amides is 2. The number of hydrogen-bond donors (Lipinski definition) is 3. The Morgan fingerprint density at radius 1 is 1.48 bits per heavy atom. The molecule has 0 radical (unpaired) electrons. The van der Waals surface area contributed by atoms with Crippen molar-refractivity contribution in [3.05, 3.63) is 22.3 Å². The Balaban J connectivity index is 1.53. The zero-order valence-electron chi connectivity index (χ0n) is 14.6. The zero-order valence-corrected chi connectivity index (χ0v) is 16.3. The summed E-state index contributed by atoms with van der Waals surface area (Å²) in [7, 11) is 0. The van der Waals surface area contributed by atoms with Gasteiger partial charge in [-0.15, -0.1) is 23.1 Å². The molecule has 3 atom stereocenters. The van der Waals surface area contributed by atoms with E-state index in [4.69, 9.17) is 10.5 Å². The molecule has 14 heteroatoms. The predicted molar refractivity (Wildman–Crippen MR) is 99.0 cm³/mol. The Labute approximate surface area is 170 Å². The van der Waals surface area contributed by atoms with Gasteiger partial charge in [0, 0.05) is 23.6 Å². The largest absolute Gasteiger partial charge is 0.427 e. The Morgan fingerprint density at radius 2 is 2.24 bits per heavy atom. The van der Waals surface area contributed by atoms with E-state index in [9.17, 15) is 24.3 Å². The maximum absolute atomic E-state index is 12.7. The second-order valence-electron chi connectivity index (χ2n) is 6.09. The first-order chi connectivity index (χ1) is 13.8. The standard InChI is InChI=1S/C15H13N5O7S2/c1-4(21)27-19-7(6-3-29-15(16)17-6)10(22)18-8-11(23)20-9-5(2-28-12(8)20)13(24)26-14(9)25/h3,8,12-13,24H,2H2,1H3,(H2,16,17)(H,18,22)/b19-7+. The number of carbonyl (C=O) groups is 4. The highest BCUT2D eigenvalue weighted by molar-refractivity contribution is 8.00. The maximum Gasteiger partial charge on any atom is 0.357 e. The number of aromatic nitrogens is 1. The number of β-lactam (4-membered cyclic amide) rings is 1. The predicted octanol–water partition coefficient (Wildman–Crippen LogP) is -1.48. The number of hydrogen-bond acceptors (Lipinski definition) is 12. The summed E-state index contributed by atoms with van der Waals surface area (Å²) in [4.78, 5) is 57.9. The molecule has 0 saturated carbocycles. The van der Waals surface area contributed by atoms with Crippen LogP contribution in [0, 0.1) is 0 Å². The van der Waals surface area contributed by atoms with Crippen LogP contribution in [0.5, 0.6) is 0 Å². The fourth-order valence-electron chi connectivity index (χ4n) is 2.97. The molecular formula is C15H13N5O7S2. The number of rotatable bonds is 4. The molecule has 4 heterocycles. The van der Waals surface area contributed by atoms with Gasteiger partial charge in [-0.3, -0.25) is 14.5 Å². The van der Waals surface area contributed by atoms with E-state index in [-0.39, 0.29) is 28.0 Å². The monoisotopic (exact) mass is 439 g/mol. The smallest absolute Gasteiger partial charge is 0.357 e. The van der Waals surface area contributed by atoms with Crippen LogP contribution in [0.25, 0.3) is 0 Å². The number of aliphatic hydroxyl groups is 1. The van der Waals surface area contributed by atoms with E-state index >= 15 is 0 Å². The molecule has 0 aromatic carbocycles. The van der Waals surface area contributed by atoms with Crippen molar-refractivity contribution >= 4 is 57.7 Å². The number of anilines is 1. The molecule has 4 rings (SSSR count). The summed E-state index contributed by atoms with van der Waals surface area (Å²) in [5.74, 6) is -2.61. The summed E-state index contributed by atoms with van der Waals surface area (Å²) < 4.78 is 4.74. The molecule has 4 N–H and O–H groups in total. The molecule has 1 aromatic rings. The van der Waals surface area contributed by atoms with Gasteiger partial charge in [0.2, 0.25) is 6.29 Å². The average Bonchev–Trinajstić information content (AvgIpc) is 3.21. The fourth-order valence-corrected chi connectivity index (χ4v) is 4.88. The summed E-state index contributed by atoms with van der Waals surface area (Å²) in [6.45, 7) is 1.11. The number of oxime groups is 1. The molecule has 152 valence electrons. The summed E-state index contributed by atoms with van der Waals surface area (Å²) in [6.07, 6.45) is -1.37. The van der Waals surface area contributed by atoms with Crippen LogP contribution in [-0.4, -0.2) is 67.9 Å². The number of nitrogens with zero attached hydrogens (tertiary/aromatic N) is 3. The number of thioether (sulfide) groups is 1. The van der Waals surface area contributed by atoms with Crippen molar-refractivity contribution in [1.82, 2.24) is 15.2 Å². The Bertz CT molecular complexity index is 1000. The third-order valence-corrected chi connectivity index (χ3v) is 6.22. The minimum absolute atomic E-state index is 0.0119. The fraction of sp³-hybridized carbons (Fsp3) is 0.333. The highest BCUT2D eigenvalue weighted by atomic mass is 32.2. The van der Waals surface area contributed by atoms with Crippen molar-refractivity contribution < 1.29 is 33.9 Å². The molecule has 1 aromatic heterocycles. The van der Waals surface area contributed by atoms with Crippen LogP contribution in [-0.2, 0) is 28.8 Å². The number of carbonyl (C=O) groups excluding carboxylic acids is 4. The van der Waals surface area contributed by atoms with E-state index in [0.717, 1.165) is 18.3 Å². The van der Waals surface area contributed by atoms with Crippen molar-refractivity contribution in [2.24, 2.45) is 5.16 Å². The molecule has 0 bridgehead atoms. The lowest BCUT2D eigenvalue weighted by Gasteiger charge is -2.48. The number of nitrogen functional groups attached to an aromatic ring is 1. The molecule has 12 nitrogen and oxygen atoms in total. The summed E-state index contributed by atoms with van der Waals surface area (Å²) in [5.41, 5.74) is 5.67. The molecule has 0 aliphatic carbocycles. The number of nitrogens with two attached hydrogens (primary N) is 1. The topological polar surface area (TPSA) is 174 Å². The normalized spacial score (nSPS) is 25.8. The van der Waals surface area contributed by atoms with Crippen LogP contribution in [0.1, 0.15) is 12.6 Å². The molecule has 0 spiro atoms. The summed E-state index contributed by atoms with van der Waals surface area (Å²) in [6, 6.07) is -0.953. The molecular weight excluding hydrogens is 426 g/mol. The van der Waals surface area contributed by atoms with Gasteiger partial charge in [0.25, 0.3) is 11.8 Å². The van der Waals surface area contributed by atoms with Crippen molar-refractivity contribution in [2.45, 2.75) is 24.6 Å². The first kappa shape index (κ1) is 19.4. The SMILES string of the molecule is CC(=O)O/N=C(/C(=O)NC1C(=O)N2C3=C(CSC12)C(O)OC3=O)c1csc(N)n1. The van der Waals surface area contributed by atoms with Crippen LogP contribution in [0.4, 0.5) is 5.13 Å². The maximum atomic E-state index is 12.7. The van der Waals surface area contributed by atoms with E-state index in [1.165, 1.54) is 22.0 Å². The number of thiazole rings is 1. The van der Waals surface area contributed by atoms with Crippen LogP contribution >= 0.6 is 23.1 Å². The number of ether oxygens (including phenoxy) is 1. The quantitative estimate of drug-likeness (QED) is 0.165. The third kappa shape index (κ3) is 3.24. The second-order valence-corrected chi connectivity index (χ2v) is 8.08. The van der Waals surface area contributed by atoms with Gasteiger partial charge >= 0.3 is 11.9 Å². The van der Waals surface area contributed by atoms with Gasteiger partial charge in [-0.2, -0.15) is 0 Å². The van der Waals surface area contributed by atoms with E-state index in [0.29, 0.717) is 5.57 Å². The van der Waals surface area contributed by atoms with Gasteiger partial charge in [-0.05, 0) is 0 Å². The highest BCUT2D eigenvalue weighted by Crippen LogP contribution is 2.43. The molecule has 3 unspecified atom stereocenters. The minimum atomic E-state index is -1.37. The first-order valence-electron chi connectivity index (χ1n) is 8.12. The lowest BCUT2D eigenvalue weighted by atomic mass is 10.0. The zero-order chi connectivity index (χ0) is 20.9. The van der Waals surface area contributed by atoms with Gasteiger partial charge in [-0.25, -0.2) is 14.6 Å². The van der Waals surface area contributed by atoms with Crippen molar-refractivity contribution in [3.8, 4) is 0 Å². The number of nitrogens with one attached hydrogen (secondary N) is 1. The third-order valence-electron chi connectivity index (χ3n) is 4.24. The second kappa shape index (κ2) is 7.13. The minimum Gasteiger partial charge on any atom is -0.427 e. The molecule has 3 aliphatic heterocycles. The van der Waals surface area contributed by atoms with Crippen molar-refractivity contribution in [2.75, 3.05) is 11.5 Å². The Kier molecular flexibility index (Phi) is 4.76. The number of cyclic esters (lactones) is 1. The number of esters is 1. The van der Waals surface area contributed by atoms with Crippen LogP contribution in [0.2, 0.25) is 0 Å². The molecule has 29 heavy (non-hydrogen) atoms. The van der Waals surface area contributed by atoms with Crippen LogP contribution in [0.3, 0.4) is 0 Å². The van der Waals surface area contributed by atoms with Gasteiger partial charge in [0.1, 0.15) is 22.8 Å². The van der Waals surface area contributed by atoms with Gasteiger partial charge in [-0.1, -0.05) is 5.16 Å². The summed E-state index contributed by atoms with van der Waals surface area (Å²) >= 11 is 2.32. The molecule has 2 amide bonds. The molecule has 1 saturated heterocycles. The van der Waals surface area contributed by atoms with Crippen molar-refractivity contribution in [1.29, 1.82) is 0 Å². The first-order valence-corrected chi connectivity index (χ1v) is 10.1. The Hall–Kier alpha value is -2.97. The van der Waals surface area contributed by atoms with E-state index < -0.39 is 41.5 Å². The lowest BCUT2D eigenvalue weighted by Crippen LogP contribution is -2.70. The number of fused-ring (bicyclic) bond motifs is 2. The van der Waals surface area contributed by atoms with Crippen LogP contribution in [0.15, 0.2) is 21.8 Å². The van der Waals surface area contributed by atoms with Gasteiger partial charge in [0.05, 0.1) is 0 Å². The average molecular weight is 439 g/mol. The van der Waals surface area contributed by atoms with Gasteiger partial charge < -0.3 is 25.7 Å². The lowest BCUT2D eigenvalue weighted by molar-refractivity contribution is -0.157. The van der Waals surface area contributed by atoms with E-state index in [1.54, 1.807) is 0 Å². The highest BCUT2D eigenvalue weighted by Gasteiger charge is 2.57. The summed E-state index contributed by atoms with van der Waals surface area (Å²) in [5, 5.41) is 16.8. The number of aliphatic hydroxyl groups excluding tert-OH is 1. The van der Waals surface area contributed by atoms with Crippen molar-refractivity contribution in [3.63, 3.8) is 0 Å². The van der Waals surface area contributed by atoms with Gasteiger partial charge in [0.15, 0.2) is 10.8 Å². The van der Waals surface area contributed by atoms with E-state index in [2.05, 4.69) is 20.3 Å².